The number of thiazole rings is 1. The fourth-order valence-corrected chi connectivity index (χ4v) is 2.24. The van der Waals surface area contributed by atoms with E-state index >= 15 is 0 Å². The highest BCUT2D eigenvalue weighted by Crippen LogP contribution is 2.10. The molecule has 1 amide bonds. The number of nitrogens with one attached hydrogen (secondary N) is 1. The van der Waals surface area contributed by atoms with Crippen molar-refractivity contribution < 1.29 is 4.79 Å². The van der Waals surface area contributed by atoms with Gasteiger partial charge in [-0.1, -0.05) is 24.3 Å². The number of aryl methyl sites for hydroxylation is 1. The van der Waals surface area contributed by atoms with Crippen molar-refractivity contribution in [3.63, 3.8) is 0 Å². The highest BCUT2D eigenvalue weighted by atomic mass is 32.1. The molecule has 2 aromatic rings. The average Bonchev–Trinajstić information content (AvgIpc) is 2.86. The average molecular weight is 261 g/mol. The van der Waals surface area contributed by atoms with Gasteiger partial charge in [0.1, 0.15) is 10.7 Å². The summed E-state index contributed by atoms with van der Waals surface area (Å²) in [7, 11) is 0. The molecule has 0 aliphatic rings. The molecule has 1 heterocycles. The second-order valence-corrected chi connectivity index (χ2v) is 4.88. The van der Waals surface area contributed by atoms with E-state index < -0.39 is 0 Å². The number of carbonyl (C=O) groups excluding carboxylic acids is 1. The second kappa shape index (κ2) is 5.75. The number of nitrogens with zero attached hydrogens (tertiary/aromatic N) is 1. The molecular formula is C13H15N3OS. The Bertz CT molecular complexity index is 551. The number of rotatable bonds is 4. The largest absolute Gasteiger partial charge is 0.347 e. The monoisotopic (exact) mass is 261 g/mol. The molecule has 0 aliphatic heterocycles. The Morgan fingerprint density at radius 2 is 2.22 bits per heavy atom. The second-order valence-electron chi connectivity index (χ2n) is 3.94. The van der Waals surface area contributed by atoms with Gasteiger partial charge in [-0.2, -0.15) is 0 Å². The molecule has 4 nitrogen and oxygen atoms in total. The van der Waals surface area contributed by atoms with Gasteiger partial charge < -0.3 is 11.1 Å². The summed E-state index contributed by atoms with van der Waals surface area (Å²) >= 11 is 1.41. The number of benzene rings is 1. The fourth-order valence-electron chi connectivity index (χ4n) is 1.58. The van der Waals surface area contributed by atoms with Gasteiger partial charge >= 0.3 is 0 Å². The molecule has 0 unspecified atom stereocenters. The van der Waals surface area contributed by atoms with Gasteiger partial charge in [0.25, 0.3) is 5.91 Å². The summed E-state index contributed by atoms with van der Waals surface area (Å²) in [6.45, 7) is 2.91. The molecular weight excluding hydrogens is 246 g/mol. The summed E-state index contributed by atoms with van der Waals surface area (Å²) < 4.78 is 0. The van der Waals surface area contributed by atoms with Crippen LogP contribution in [0, 0.1) is 6.92 Å². The molecule has 1 aromatic carbocycles. The van der Waals surface area contributed by atoms with Gasteiger partial charge in [-0.15, -0.1) is 11.3 Å². The molecule has 0 saturated carbocycles. The minimum atomic E-state index is -0.158. The minimum absolute atomic E-state index is 0.158. The van der Waals surface area contributed by atoms with Crippen LogP contribution in [0.25, 0.3) is 0 Å². The van der Waals surface area contributed by atoms with E-state index in [0.717, 1.165) is 10.6 Å². The maximum atomic E-state index is 11.9. The lowest BCUT2D eigenvalue weighted by Gasteiger charge is -2.06. The van der Waals surface area contributed by atoms with Crippen molar-refractivity contribution in [1.29, 1.82) is 0 Å². The van der Waals surface area contributed by atoms with Crippen molar-refractivity contribution in [3.05, 3.63) is 51.5 Å². The van der Waals surface area contributed by atoms with Crippen LogP contribution in [0.5, 0.6) is 0 Å². The molecule has 1 aromatic heterocycles. The molecule has 2 rings (SSSR count). The van der Waals surface area contributed by atoms with Crippen LogP contribution in [0.1, 0.15) is 26.6 Å². The van der Waals surface area contributed by atoms with Gasteiger partial charge in [-0.3, -0.25) is 4.79 Å². The molecule has 0 aliphatic carbocycles. The summed E-state index contributed by atoms with van der Waals surface area (Å²) in [5.74, 6) is -0.158. The molecule has 0 saturated heterocycles. The van der Waals surface area contributed by atoms with Crippen LogP contribution >= 0.6 is 11.3 Å². The van der Waals surface area contributed by atoms with E-state index in [1.165, 1.54) is 16.9 Å². The third kappa shape index (κ3) is 2.94. The zero-order valence-corrected chi connectivity index (χ0v) is 11.0. The van der Waals surface area contributed by atoms with Crippen molar-refractivity contribution >= 4 is 17.2 Å². The van der Waals surface area contributed by atoms with Gasteiger partial charge in [-0.25, -0.2) is 4.98 Å². The Labute approximate surface area is 110 Å². The van der Waals surface area contributed by atoms with Gasteiger partial charge in [0.05, 0.1) is 0 Å². The maximum Gasteiger partial charge on any atom is 0.271 e. The lowest BCUT2D eigenvalue weighted by molar-refractivity contribution is 0.0946. The first-order valence-electron chi connectivity index (χ1n) is 5.68. The van der Waals surface area contributed by atoms with E-state index in [9.17, 15) is 4.79 Å². The Morgan fingerprint density at radius 1 is 1.44 bits per heavy atom. The highest BCUT2D eigenvalue weighted by molar-refractivity contribution is 7.09. The summed E-state index contributed by atoms with van der Waals surface area (Å²) in [5, 5.41) is 5.36. The van der Waals surface area contributed by atoms with E-state index in [2.05, 4.69) is 10.3 Å². The zero-order valence-electron chi connectivity index (χ0n) is 10.1. The van der Waals surface area contributed by atoms with E-state index in [1.54, 1.807) is 5.38 Å². The summed E-state index contributed by atoms with van der Waals surface area (Å²) in [6.07, 6.45) is 0. The number of hydrogen-bond donors (Lipinski definition) is 2. The summed E-state index contributed by atoms with van der Waals surface area (Å²) in [4.78, 5) is 16.0. The maximum absolute atomic E-state index is 11.9. The SMILES string of the molecule is Cc1ccccc1CNC(=O)c1csc(CN)n1. The van der Waals surface area contributed by atoms with Crippen LogP contribution in [0.2, 0.25) is 0 Å². The summed E-state index contributed by atoms with van der Waals surface area (Å²) in [6, 6.07) is 7.97. The van der Waals surface area contributed by atoms with E-state index in [1.807, 2.05) is 31.2 Å². The first-order chi connectivity index (χ1) is 8.70. The Balaban J connectivity index is 1.98. The molecule has 0 radical (unpaired) electrons. The molecule has 94 valence electrons. The normalized spacial score (nSPS) is 10.3. The predicted octanol–water partition coefficient (Wildman–Crippen LogP) is 1.84. The smallest absolute Gasteiger partial charge is 0.271 e. The molecule has 0 spiro atoms. The van der Waals surface area contributed by atoms with Crippen molar-refractivity contribution in [1.82, 2.24) is 10.3 Å². The number of hydrogen-bond acceptors (Lipinski definition) is 4. The zero-order chi connectivity index (χ0) is 13.0. The van der Waals surface area contributed by atoms with E-state index in [4.69, 9.17) is 5.73 Å². The van der Waals surface area contributed by atoms with Crippen molar-refractivity contribution in [3.8, 4) is 0 Å². The molecule has 18 heavy (non-hydrogen) atoms. The lowest BCUT2D eigenvalue weighted by atomic mass is 10.1. The quantitative estimate of drug-likeness (QED) is 0.882. The molecule has 0 fully saturated rings. The fraction of sp³-hybridized carbons (Fsp3) is 0.231. The van der Waals surface area contributed by atoms with Crippen LogP contribution in [0.4, 0.5) is 0 Å². The van der Waals surface area contributed by atoms with Crippen LogP contribution in [-0.4, -0.2) is 10.9 Å². The first kappa shape index (κ1) is 12.7. The Hall–Kier alpha value is -1.72. The Morgan fingerprint density at radius 3 is 2.89 bits per heavy atom. The van der Waals surface area contributed by atoms with Gasteiger partial charge in [0, 0.05) is 18.5 Å². The molecule has 5 heteroatoms. The lowest BCUT2D eigenvalue weighted by Crippen LogP contribution is -2.23. The van der Waals surface area contributed by atoms with Crippen LogP contribution in [0.15, 0.2) is 29.6 Å². The minimum Gasteiger partial charge on any atom is -0.347 e. The third-order valence-electron chi connectivity index (χ3n) is 2.66. The molecule has 3 N–H and O–H groups in total. The molecule has 0 bridgehead atoms. The van der Waals surface area contributed by atoms with Crippen molar-refractivity contribution in [2.24, 2.45) is 5.73 Å². The van der Waals surface area contributed by atoms with Gasteiger partial charge in [0.2, 0.25) is 0 Å². The Kier molecular flexibility index (Phi) is 4.07. The van der Waals surface area contributed by atoms with E-state index in [0.29, 0.717) is 18.8 Å². The topological polar surface area (TPSA) is 68.0 Å². The van der Waals surface area contributed by atoms with Gasteiger partial charge in [-0.05, 0) is 18.1 Å². The van der Waals surface area contributed by atoms with Crippen LogP contribution < -0.4 is 11.1 Å². The van der Waals surface area contributed by atoms with Crippen molar-refractivity contribution in [2.45, 2.75) is 20.0 Å². The summed E-state index contributed by atoms with van der Waals surface area (Å²) in [5.41, 5.74) is 8.18. The van der Waals surface area contributed by atoms with Gasteiger partial charge in [0.15, 0.2) is 0 Å². The van der Waals surface area contributed by atoms with Crippen molar-refractivity contribution in [2.75, 3.05) is 0 Å². The van der Waals surface area contributed by atoms with Crippen LogP contribution in [0.3, 0.4) is 0 Å². The molecule has 0 atom stereocenters. The van der Waals surface area contributed by atoms with Crippen LogP contribution in [-0.2, 0) is 13.1 Å². The standard InChI is InChI=1S/C13H15N3OS/c1-9-4-2-3-5-10(9)7-15-13(17)11-8-18-12(6-14)16-11/h2-5,8H,6-7,14H2,1H3,(H,15,17). The third-order valence-corrected chi connectivity index (χ3v) is 3.53. The van der Waals surface area contributed by atoms with E-state index in [-0.39, 0.29) is 5.91 Å². The highest BCUT2D eigenvalue weighted by Gasteiger charge is 2.09. The predicted molar refractivity (Wildman–Crippen MR) is 72.4 cm³/mol. The number of amides is 1. The number of aromatic nitrogens is 1. The number of carbonyl (C=O) groups is 1. The first-order valence-corrected chi connectivity index (χ1v) is 6.56. The number of nitrogens with two attached hydrogens (primary N) is 1.